The second kappa shape index (κ2) is 5.91. The smallest absolute Gasteiger partial charge is 0.0471 e. The van der Waals surface area contributed by atoms with Crippen molar-refractivity contribution < 1.29 is 5.11 Å². The topological polar surface area (TPSA) is 58.3 Å². The van der Waals surface area contributed by atoms with E-state index in [4.69, 9.17) is 5.73 Å². The summed E-state index contributed by atoms with van der Waals surface area (Å²) >= 11 is 1.99. The van der Waals surface area contributed by atoms with Crippen molar-refractivity contribution >= 4 is 11.8 Å². The molecule has 1 aliphatic heterocycles. The van der Waals surface area contributed by atoms with Gasteiger partial charge >= 0.3 is 0 Å². The van der Waals surface area contributed by atoms with Crippen LogP contribution in [-0.2, 0) is 0 Å². The molecule has 3 atom stereocenters. The van der Waals surface area contributed by atoms with Crippen molar-refractivity contribution in [1.29, 1.82) is 0 Å². The molecule has 0 aromatic heterocycles. The van der Waals surface area contributed by atoms with Crippen molar-refractivity contribution in [2.45, 2.75) is 45.7 Å². The molecule has 1 rings (SSSR count). The average molecular weight is 260 g/mol. The van der Waals surface area contributed by atoms with Gasteiger partial charge in [0, 0.05) is 30.5 Å². The Bertz CT molecular complexity index is 248. The summed E-state index contributed by atoms with van der Waals surface area (Å²) < 4.78 is 0. The normalized spacial score (nSPS) is 32.1. The molecule has 0 aromatic rings. The number of nitrogens with one attached hydrogen (secondary N) is 1. The highest BCUT2D eigenvalue weighted by Gasteiger charge is 2.46. The van der Waals surface area contributed by atoms with E-state index in [1.54, 1.807) is 0 Å². The summed E-state index contributed by atoms with van der Waals surface area (Å²) in [6, 6.07) is 0.293. The zero-order valence-corrected chi connectivity index (χ0v) is 12.4. The molecule has 0 bridgehead atoms. The van der Waals surface area contributed by atoms with Crippen molar-refractivity contribution in [3.8, 4) is 0 Å². The number of hydrogen-bond acceptors (Lipinski definition) is 4. The first-order valence-corrected chi connectivity index (χ1v) is 7.70. The Kier molecular flexibility index (Phi) is 5.32. The van der Waals surface area contributed by atoms with Crippen LogP contribution < -0.4 is 11.1 Å². The first kappa shape index (κ1) is 15.3. The Morgan fingerprint density at radius 1 is 1.41 bits per heavy atom. The third-order valence-corrected chi connectivity index (χ3v) is 5.70. The number of nitrogens with two attached hydrogens (primary N) is 1. The van der Waals surface area contributed by atoms with Crippen LogP contribution in [0.2, 0.25) is 0 Å². The number of thioether (sulfide) groups is 1. The second-order valence-electron chi connectivity index (χ2n) is 6.07. The summed E-state index contributed by atoms with van der Waals surface area (Å²) in [5.41, 5.74) is 6.28. The van der Waals surface area contributed by atoms with Gasteiger partial charge in [-0.1, -0.05) is 20.8 Å². The van der Waals surface area contributed by atoms with E-state index < -0.39 is 0 Å². The van der Waals surface area contributed by atoms with Crippen molar-refractivity contribution in [2.24, 2.45) is 17.1 Å². The fourth-order valence-corrected chi connectivity index (χ4v) is 4.12. The fourth-order valence-electron chi connectivity index (χ4n) is 2.38. The highest BCUT2D eigenvalue weighted by atomic mass is 32.2. The molecule has 1 aliphatic rings. The zero-order chi connectivity index (χ0) is 13.1. The molecular formula is C13H28N2OS. The predicted octanol–water partition coefficient (Wildman–Crippen LogP) is 1.45. The van der Waals surface area contributed by atoms with Crippen LogP contribution in [0, 0.1) is 11.3 Å². The van der Waals surface area contributed by atoms with Crippen LogP contribution in [0.1, 0.15) is 34.1 Å². The molecule has 4 heteroatoms. The van der Waals surface area contributed by atoms with Gasteiger partial charge in [-0.15, -0.1) is 0 Å². The molecular weight excluding hydrogens is 232 g/mol. The summed E-state index contributed by atoms with van der Waals surface area (Å²) in [5.74, 6) is 2.56. The molecule has 3 unspecified atom stereocenters. The number of aliphatic hydroxyl groups is 1. The van der Waals surface area contributed by atoms with E-state index in [2.05, 4.69) is 33.0 Å². The lowest BCUT2D eigenvalue weighted by atomic mass is 9.70. The number of rotatable bonds is 5. The Labute approximate surface area is 110 Å². The van der Waals surface area contributed by atoms with Gasteiger partial charge in [-0.05, 0) is 30.4 Å². The van der Waals surface area contributed by atoms with Gasteiger partial charge in [-0.25, -0.2) is 0 Å². The fraction of sp³-hybridized carbons (Fsp3) is 1.00. The van der Waals surface area contributed by atoms with E-state index in [1.807, 2.05) is 11.8 Å². The van der Waals surface area contributed by atoms with E-state index in [0.717, 1.165) is 5.75 Å². The highest BCUT2D eigenvalue weighted by Crippen LogP contribution is 2.42. The first-order valence-electron chi connectivity index (χ1n) is 6.55. The summed E-state index contributed by atoms with van der Waals surface area (Å²) in [6.07, 6.45) is 1.20. The molecule has 0 amide bonds. The van der Waals surface area contributed by atoms with Crippen molar-refractivity contribution in [3.63, 3.8) is 0 Å². The molecule has 1 saturated heterocycles. The van der Waals surface area contributed by atoms with Crippen LogP contribution in [0.25, 0.3) is 0 Å². The van der Waals surface area contributed by atoms with Crippen LogP contribution >= 0.6 is 11.8 Å². The number of aliphatic hydroxyl groups excluding tert-OH is 1. The summed E-state index contributed by atoms with van der Waals surface area (Å²) in [5, 5.41) is 13.0. The third-order valence-electron chi connectivity index (χ3n) is 4.51. The van der Waals surface area contributed by atoms with Crippen molar-refractivity contribution in [3.05, 3.63) is 0 Å². The molecule has 0 saturated carbocycles. The lowest BCUT2D eigenvalue weighted by Crippen LogP contribution is -2.67. The van der Waals surface area contributed by atoms with Crippen LogP contribution in [0.15, 0.2) is 0 Å². The lowest BCUT2D eigenvalue weighted by molar-refractivity contribution is 0.101. The molecule has 3 nitrogen and oxygen atoms in total. The summed E-state index contributed by atoms with van der Waals surface area (Å²) in [4.78, 5) is 0. The SMILES string of the molecule is CC(CO)C(C)NC1(CN)CSCCC1(C)C. The maximum atomic E-state index is 9.24. The molecule has 0 aliphatic carbocycles. The van der Waals surface area contributed by atoms with Crippen LogP contribution in [0.5, 0.6) is 0 Å². The molecule has 4 N–H and O–H groups in total. The van der Waals surface area contributed by atoms with Gasteiger partial charge in [-0.2, -0.15) is 11.8 Å². The highest BCUT2D eigenvalue weighted by molar-refractivity contribution is 7.99. The van der Waals surface area contributed by atoms with E-state index in [9.17, 15) is 5.11 Å². The molecule has 1 fully saturated rings. The van der Waals surface area contributed by atoms with Crippen LogP contribution in [-0.4, -0.2) is 41.3 Å². The summed E-state index contributed by atoms with van der Waals surface area (Å²) in [6.45, 7) is 9.72. The van der Waals surface area contributed by atoms with E-state index in [0.29, 0.717) is 12.6 Å². The molecule has 1 heterocycles. The van der Waals surface area contributed by atoms with E-state index in [1.165, 1.54) is 12.2 Å². The minimum absolute atomic E-state index is 0.00123. The largest absolute Gasteiger partial charge is 0.396 e. The van der Waals surface area contributed by atoms with Crippen LogP contribution in [0.4, 0.5) is 0 Å². The Balaban J connectivity index is 2.80. The third kappa shape index (κ3) is 3.16. The van der Waals surface area contributed by atoms with Gasteiger partial charge in [0.05, 0.1) is 0 Å². The predicted molar refractivity (Wildman–Crippen MR) is 76.4 cm³/mol. The van der Waals surface area contributed by atoms with Gasteiger partial charge in [-0.3, -0.25) is 0 Å². The minimum Gasteiger partial charge on any atom is -0.396 e. The van der Waals surface area contributed by atoms with E-state index >= 15 is 0 Å². The zero-order valence-electron chi connectivity index (χ0n) is 11.6. The maximum Gasteiger partial charge on any atom is 0.0471 e. The van der Waals surface area contributed by atoms with Gasteiger partial charge in [0.1, 0.15) is 0 Å². The first-order chi connectivity index (χ1) is 7.88. The molecule has 0 spiro atoms. The standard InChI is InChI=1S/C13H28N2OS/c1-10(7-16)11(2)15-13(8-14)9-17-6-5-12(13,3)4/h10-11,15-16H,5-9,14H2,1-4H3. The Morgan fingerprint density at radius 3 is 2.53 bits per heavy atom. The van der Waals surface area contributed by atoms with Crippen molar-refractivity contribution in [1.82, 2.24) is 5.32 Å². The molecule has 102 valence electrons. The maximum absolute atomic E-state index is 9.24. The number of hydrogen-bond donors (Lipinski definition) is 3. The van der Waals surface area contributed by atoms with Crippen molar-refractivity contribution in [2.75, 3.05) is 24.7 Å². The average Bonchev–Trinajstić information content (AvgIpc) is 2.30. The minimum atomic E-state index is -0.00123. The van der Waals surface area contributed by atoms with Gasteiger partial charge in [0.15, 0.2) is 0 Å². The van der Waals surface area contributed by atoms with Gasteiger partial charge in [0.25, 0.3) is 0 Å². The quantitative estimate of drug-likeness (QED) is 0.700. The Morgan fingerprint density at radius 2 is 2.06 bits per heavy atom. The molecule has 0 aromatic carbocycles. The van der Waals surface area contributed by atoms with Crippen LogP contribution in [0.3, 0.4) is 0 Å². The second-order valence-corrected chi connectivity index (χ2v) is 7.17. The lowest BCUT2D eigenvalue weighted by Gasteiger charge is -2.52. The molecule has 17 heavy (non-hydrogen) atoms. The Hall–Kier alpha value is 0.230. The molecule has 0 radical (unpaired) electrons. The summed E-state index contributed by atoms with van der Waals surface area (Å²) in [7, 11) is 0. The van der Waals surface area contributed by atoms with Gasteiger partial charge < -0.3 is 16.2 Å². The monoisotopic (exact) mass is 260 g/mol. The van der Waals surface area contributed by atoms with Gasteiger partial charge in [0.2, 0.25) is 0 Å². The van der Waals surface area contributed by atoms with E-state index in [-0.39, 0.29) is 23.5 Å².